The molecule has 8 aromatic rings. The molecular weight excluding hydrogens is 1050 g/mol. The Morgan fingerprint density at radius 3 is 1.60 bits per heavy atom. The summed E-state index contributed by atoms with van der Waals surface area (Å²) in [5, 5.41) is 11.2. The number of halogens is 2. The minimum atomic E-state index is -4.80. The van der Waals surface area contributed by atoms with Crippen LogP contribution in [0.5, 0.6) is 23.0 Å². The van der Waals surface area contributed by atoms with Crippen LogP contribution in [-0.2, 0) is 51.5 Å². The molecule has 0 bridgehead atoms. The molecule has 22 heteroatoms. The van der Waals surface area contributed by atoms with E-state index >= 15 is 0 Å². The second-order valence-corrected chi connectivity index (χ2v) is 21.6. The van der Waals surface area contributed by atoms with Gasteiger partial charge in [0.15, 0.2) is 23.0 Å². The first kappa shape index (κ1) is 54.1. The Balaban J connectivity index is 0.000000211. The average molecular weight is 1100 g/mol. The summed E-state index contributed by atoms with van der Waals surface area (Å²) in [7, 11) is -8.94. The Kier molecular flexibility index (Phi) is 15.3. The molecule has 0 spiro atoms. The van der Waals surface area contributed by atoms with Gasteiger partial charge in [0.1, 0.15) is 34.4 Å². The van der Waals surface area contributed by atoms with Crippen LogP contribution in [0, 0.1) is 11.6 Å². The molecule has 2 aromatic heterocycles. The number of hydrogen-bond donors (Lipinski definition) is 3. The lowest BCUT2D eigenvalue weighted by atomic mass is 9.99. The quantitative estimate of drug-likeness (QED) is 0.0868. The van der Waals surface area contributed by atoms with Gasteiger partial charge in [0, 0.05) is 53.9 Å². The number of hydrogen-bond acceptors (Lipinski definition) is 14. The fraction of sp³-hybridized carbons (Fsp3) is 0.196. The zero-order valence-electron chi connectivity index (χ0n) is 42.3. The fourth-order valence-corrected chi connectivity index (χ4v) is 10.5. The van der Waals surface area contributed by atoms with E-state index in [1.807, 2.05) is 60.7 Å². The largest absolute Gasteiger partial charge is 0.505 e. The molecule has 0 saturated carbocycles. The summed E-state index contributed by atoms with van der Waals surface area (Å²) < 4.78 is 105. The maximum atomic E-state index is 14.3. The second-order valence-electron chi connectivity index (χ2n) is 18.9. The van der Waals surface area contributed by atoms with Crippen molar-refractivity contribution in [2.75, 3.05) is 6.54 Å². The van der Waals surface area contributed by atoms with Crippen LogP contribution >= 0.6 is 0 Å². The molecule has 0 radical (unpaired) electrons. The van der Waals surface area contributed by atoms with Crippen molar-refractivity contribution in [2.24, 2.45) is 0 Å². The molecule has 0 fully saturated rings. The number of pyridine rings is 2. The minimum absolute atomic E-state index is 0.0148. The van der Waals surface area contributed by atoms with E-state index in [-0.39, 0.29) is 99.8 Å². The molecule has 402 valence electrons. The third kappa shape index (κ3) is 11.9. The number of aromatic hydroxyl groups is 1. The van der Waals surface area contributed by atoms with Gasteiger partial charge in [-0.15, -0.1) is 0 Å². The summed E-state index contributed by atoms with van der Waals surface area (Å²) in [5.41, 5.74) is 2.68. The molecule has 4 heterocycles. The van der Waals surface area contributed by atoms with Gasteiger partial charge >= 0.3 is 26.7 Å². The maximum absolute atomic E-state index is 14.3. The number of carbonyl (C=O) groups excluding carboxylic acids is 3. The summed E-state index contributed by atoms with van der Waals surface area (Å²) in [5.74, 6) is -2.23. The minimum Gasteiger partial charge on any atom is -0.505 e. The number of aromatic nitrogens is 2. The van der Waals surface area contributed by atoms with Gasteiger partial charge in [-0.05, 0) is 91.6 Å². The highest BCUT2D eigenvalue weighted by molar-refractivity contribution is 7.85. The van der Waals surface area contributed by atoms with E-state index in [4.69, 9.17) is 17.8 Å². The van der Waals surface area contributed by atoms with Gasteiger partial charge in [-0.25, -0.2) is 13.6 Å². The van der Waals surface area contributed by atoms with Gasteiger partial charge in [-0.1, -0.05) is 91.9 Å². The summed E-state index contributed by atoms with van der Waals surface area (Å²) in [6, 6.07) is 36.6. The Bertz CT molecular complexity index is 3780. The topological polar surface area (TPSA) is 233 Å². The average Bonchev–Trinajstić information content (AvgIpc) is 3.90. The monoisotopic (exact) mass is 1100 g/mol. The highest BCUT2D eigenvalue weighted by Crippen LogP contribution is 2.48. The number of rotatable bonds is 15. The van der Waals surface area contributed by atoms with Crippen molar-refractivity contribution < 1.29 is 62.9 Å². The number of carbonyl (C=O) groups is 3. The van der Waals surface area contributed by atoms with Crippen LogP contribution < -0.4 is 22.5 Å². The highest BCUT2D eigenvalue weighted by atomic mass is 32.2. The lowest BCUT2D eigenvalue weighted by Gasteiger charge is -2.23. The van der Waals surface area contributed by atoms with E-state index in [1.165, 1.54) is 46.5 Å². The van der Waals surface area contributed by atoms with Gasteiger partial charge in [-0.3, -0.25) is 19.6 Å². The first-order valence-corrected chi connectivity index (χ1v) is 27.0. The summed E-state index contributed by atoms with van der Waals surface area (Å²) >= 11 is 0. The van der Waals surface area contributed by atoms with Crippen molar-refractivity contribution in [1.29, 1.82) is 0 Å². The van der Waals surface area contributed by atoms with Crippen LogP contribution in [0.25, 0.3) is 21.8 Å². The van der Waals surface area contributed by atoms with Crippen molar-refractivity contribution in [3.05, 3.63) is 202 Å². The fourth-order valence-electron chi connectivity index (χ4n) is 8.95. The van der Waals surface area contributed by atoms with Crippen LogP contribution in [0.3, 0.4) is 0 Å². The lowest BCUT2D eigenvalue weighted by molar-refractivity contribution is 0.0566. The van der Waals surface area contributed by atoms with Gasteiger partial charge in [0.05, 0.1) is 24.2 Å². The van der Waals surface area contributed by atoms with Crippen molar-refractivity contribution in [3.63, 3.8) is 0 Å². The number of ether oxygens (including phenoxy) is 2. The van der Waals surface area contributed by atoms with Gasteiger partial charge in [0.25, 0.3) is 11.8 Å². The molecule has 6 aromatic carbocycles. The molecule has 3 amide bonds. The molecular formula is C56H50F2N6O12S2. The lowest BCUT2D eigenvalue weighted by Crippen LogP contribution is -2.38. The number of phenolic OH excluding ortho intramolecular Hbond substituents is 1. The predicted octanol–water partition coefficient (Wildman–Crippen LogP) is 9.32. The number of nitrogens with one attached hydrogen (secondary N) is 2. The molecule has 2 aliphatic heterocycles. The van der Waals surface area contributed by atoms with Gasteiger partial charge in [0.2, 0.25) is 0 Å². The second kappa shape index (κ2) is 22.1. The van der Waals surface area contributed by atoms with Crippen molar-refractivity contribution in [2.45, 2.75) is 65.6 Å². The maximum Gasteiger partial charge on any atom is 0.424 e. The third-order valence-corrected chi connectivity index (χ3v) is 14.0. The van der Waals surface area contributed by atoms with Crippen molar-refractivity contribution in [3.8, 4) is 23.0 Å². The standard InChI is InChI=1S/C36H32FN3O7S.C20H18FN3O5S/c1-36(2,3)46-35(42)39-48(43,44)47-32-27-15-10-20-38-30(27)33(45-31(24-11-6-4-7-12-24)25-13-8-5-9-14-25)29-28(32)22-40(34(29)41)21-23-16-18-26(37)19-17-23;1-2-23-30(27,28)29-19-14-4-3-9-22-17(14)18(25)16-15(19)11-24(20(16)26)10-12-5-7-13(21)8-6-12/h4-20,31H,21-22H2,1-3H3,(H,39,42);3-9,23,25H,2,10-11H2,1H3. The summed E-state index contributed by atoms with van der Waals surface area (Å²) in [6.45, 7) is 6.66. The van der Waals surface area contributed by atoms with Crippen LogP contribution in [-0.4, -0.2) is 71.8 Å². The number of phenols is 1. The predicted molar refractivity (Wildman–Crippen MR) is 283 cm³/mol. The van der Waals surface area contributed by atoms with E-state index in [9.17, 15) is 45.1 Å². The van der Waals surface area contributed by atoms with Crippen LogP contribution in [0.1, 0.15) is 87.9 Å². The number of fused-ring (bicyclic) bond motifs is 4. The molecule has 0 atom stereocenters. The number of nitrogens with zero attached hydrogens (tertiary/aromatic N) is 4. The van der Waals surface area contributed by atoms with E-state index in [1.54, 1.807) is 80.9 Å². The highest BCUT2D eigenvalue weighted by Gasteiger charge is 2.40. The smallest absolute Gasteiger partial charge is 0.424 e. The Hall–Kier alpha value is -8.73. The zero-order valence-corrected chi connectivity index (χ0v) is 43.9. The normalized spacial score (nSPS) is 13.3. The van der Waals surface area contributed by atoms with E-state index in [2.05, 4.69) is 14.7 Å². The van der Waals surface area contributed by atoms with E-state index < -0.39 is 61.9 Å². The van der Waals surface area contributed by atoms with Crippen LogP contribution in [0.15, 0.2) is 146 Å². The Morgan fingerprint density at radius 2 is 1.10 bits per heavy atom. The molecule has 18 nitrogen and oxygen atoms in total. The Morgan fingerprint density at radius 1 is 0.641 bits per heavy atom. The summed E-state index contributed by atoms with van der Waals surface area (Å²) in [4.78, 5) is 51.2. The Labute approximate surface area is 447 Å². The third-order valence-electron chi connectivity index (χ3n) is 12.2. The molecule has 0 aliphatic carbocycles. The van der Waals surface area contributed by atoms with E-state index in [0.717, 1.165) is 11.1 Å². The molecule has 10 rings (SSSR count). The van der Waals surface area contributed by atoms with Crippen molar-refractivity contribution >= 4 is 60.3 Å². The summed E-state index contributed by atoms with van der Waals surface area (Å²) in [6.07, 6.45) is 1.01. The molecule has 0 unspecified atom stereocenters. The van der Waals surface area contributed by atoms with Gasteiger partial charge in [-0.2, -0.15) is 26.3 Å². The zero-order chi connectivity index (χ0) is 55.5. The van der Waals surface area contributed by atoms with Crippen LogP contribution in [0.4, 0.5) is 13.6 Å². The first-order chi connectivity index (χ1) is 37.2. The SMILES string of the molecule is CC(C)(C)OC(=O)NS(=O)(=O)Oc1c2c(c(OC(c3ccccc3)c3ccccc3)c3ncccc13)C(=O)N(Cc1ccc(F)cc1)C2.CCNS(=O)(=O)Oc1c2c(c(O)c3ncccc13)C(=O)N(Cc1ccc(F)cc1)C2. The molecule has 0 saturated heterocycles. The van der Waals surface area contributed by atoms with Gasteiger partial charge < -0.3 is 32.7 Å². The molecule has 78 heavy (non-hydrogen) atoms. The number of benzene rings is 6. The number of amides is 3. The van der Waals surface area contributed by atoms with Crippen molar-refractivity contribution in [1.82, 2.24) is 29.2 Å². The molecule has 2 aliphatic rings. The van der Waals surface area contributed by atoms with E-state index in [0.29, 0.717) is 11.1 Å². The first-order valence-electron chi connectivity index (χ1n) is 24.2. The molecule has 3 N–H and O–H groups in total. The van der Waals surface area contributed by atoms with Crippen LogP contribution in [0.2, 0.25) is 0 Å².